The van der Waals surface area contributed by atoms with Crippen LogP contribution in [0.3, 0.4) is 0 Å². The van der Waals surface area contributed by atoms with E-state index in [0.29, 0.717) is 5.92 Å². The van der Waals surface area contributed by atoms with Crippen molar-refractivity contribution >= 4 is 5.91 Å². The lowest BCUT2D eigenvalue weighted by Crippen LogP contribution is -2.31. The first-order valence-corrected chi connectivity index (χ1v) is 7.91. The summed E-state index contributed by atoms with van der Waals surface area (Å²) < 4.78 is 5.75. The van der Waals surface area contributed by atoms with Crippen molar-refractivity contribution in [1.29, 1.82) is 0 Å². The Hall–Kier alpha value is -2.36. The molecule has 1 N–H and O–H groups in total. The molecule has 0 aliphatic heterocycles. The fraction of sp³-hybridized carbons (Fsp3) is 0.368. The maximum atomic E-state index is 12.1. The molecular weight excluding hydrogens is 288 g/mol. The van der Waals surface area contributed by atoms with Gasteiger partial charge in [-0.25, -0.2) is 0 Å². The molecule has 0 aliphatic rings. The first-order valence-electron chi connectivity index (χ1n) is 7.91. The van der Waals surface area contributed by atoms with E-state index >= 15 is 0 Å². The van der Waals surface area contributed by atoms with E-state index in [4.69, 9.17) is 4.74 Å². The molecule has 0 fully saturated rings. The molecule has 4 heteroatoms. The van der Waals surface area contributed by atoms with E-state index in [1.54, 1.807) is 6.20 Å². The smallest absolute Gasteiger partial charge is 0.258 e. The van der Waals surface area contributed by atoms with Gasteiger partial charge in [0.05, 0.1) is 11.7 Å². The highest BCUT2D eigenvalue weighted by Crippen LogP contribution is 2.27. The molecule has 4 nitrogen and oxygen atoms in total. The molecule has 0 aliphatic carbocycles. The lowest BCUT2D eigenvalue weighted by Gasteiger charge is -2.16. The van der Waals surface area contributed by atoms with Crippen molar-refractivity contribution in [3.05, 3.63) is 59.4 Å². The van der Waals surface area contributed by atoms with Crippen molar-refractivity contribution in [3.63, 3.8) is 0 Å². The number of hydrogen-bond acceptors (Lipinski definition) is 3. The van der Waals surface area contributed by atoms with E-state index in [-0.39, 0.29) is 18.6 Å². The highest BCUT2D eigenvalue weighted by Gasteiger charge is 2.13. The largest absolute Gasteiger partial charge is 0.483 e. The van der Waals surface area contributed by atoms with Crippen molar-refractivity contribution < 1.29 is 9.53 Å². The van der Waals surface area contributed by atoms with Crippen LogP contribution < -0.4 is 10.1 Å². The van der Waals surface area contributed by atoms with Gasteiger partial charge in [-0.1, -0.05) is 32.0 Å². The minimum Gasteiger partial charge on any atom is -0.483 e. The molecule has 0 radical (unpaired) electrons. The number of nitrogens with one attached hydrogen (secondary N) is 1. The van der Waals surface area contributed by atoms with Crippen LogP contribution in [-0.2, 0) is 4.79 Å². The monoisotopic (exact) mass is 312 g/mol. The minimum atomic E-state index is -0.153. The Balaban J connectivity index is 1.96. The summed E-state index contributed by atoms with van der Waals surface area (Å²) in [4.78, 5) is 16.3. The second kappa shape index (κ2) is 7.77. The van der Waals surface area contributed by atoms with E-state index in [9.17, 15) is 4.79 Å². The predicted molar refractivity (Wildman–Crippen MR) is 91.6 cm³/mol. The quantitative estimate of drug-likeness (QED) is 0.883. The first kappa shape index (κ1) is 17.0. The van der Waals surface area contributed by atoms with Crippen LogP contribution in [0.4, 0.5) is 0 Å². The van der Waals surface area contributed by atoms with Gasteiger partial charge < -0.3 is 10.1 Å². The fourth-order valence-electron chi connectivity index (χ4n) is 2.38. The number of hydrogen-bond donors (Lipinski definition) is 1. The van der Waals surface area contributed by atoms with Gasteiger partial charge in [-0.2, -0.15) is 0 Å². The van der Waals surface area contributed by atoms with E-state index in [2.05, 4.69) is 36.3 Å². The molecule has 1 unspecified atom stereocenters. The number of carbonyl (C=O) groups excluding carboxylic acids is 1. The SMILES string of the molecule is Cc1ccc(C(C)C)c(OCC(=O)NC(C)c2ccccn2)c1. The second-order valence-corrected chi connectivity index (χ2v) is 6.03. The third-order valence-corrected chi connectivity index (χ3v) is 3.66. The third-order valence-electron chi connectivity index (χ3n) is 3.66. The van der Waals surface area contributed by atoms with Crippen LogP contribution in [0.15, 0.2) is 42.6 Å². The number of aryl methyl sites for hydroxylation is 1. The fourth-order valence-corrected chi connectivity index (χ4v) is 2.38. The van der Waals surface area contributed by atoms with Crippen LogP contribution >= 0.6 is 0 Å². The number of pyridine rings is 1. The number of carbonyl (C=O) groups is 1. The zero-order valence-electron chi connectivity index (χ0n) is 14.2. The van der Waals surface area contributed by atoms with Gasteiger partial charge in [-0.05, 0) is 49.1 Å². The number of rotatable bonds is 6. The van der Waals surface area contributed by atoms with Crippen LogP contribution in [0.25, 0.3) is 0 Å². The van der Waals surface area contributed by atoms with Gasteiger partial charge in [0.25, 0.3) is 5.91 Å². The maximum Gasteiger partial charge on any atom is 0.258 e. The second-order valence-electron chi connectivity index (χ2n) is 6.03. The van der Waals surface area contributed by atoms with Crippen molar-refractivity contribution in [1.82, 2.24) is 10.3 Å². The topological polar surface area (TPSA) is 51.2 Å². The molecule has 0 bridgehead atoms. The standard InChI is InChI=1S/C19H24N2O2/c1-13(2)16-9-8-14(3)11-18(16)23-12-19(22)21-15(4)17-7-5-6-10-20-17/h5-11,13,15H,12H2,1-4H3,(H,21,22). The number of amides is 1. The first-order chi connectivity index (χ1) is 11.0. The Morgan fingerprint density at radius 3 is 2.65 bits per heavy atom. The number of nitrogens with zero attached hydrogens (tertiary/aromatic N) is 1. The van der Waals surface area contributed by atoms with E-state index in [0.717, 1.165) is 22.6 Å². The summed E-state index contributed by atoms with van der Waals surface area (Å²) in [5.41, 5.74) is 3.06. The summed E-state index contributed by atoms with van der Waals surface area (Å²) >= 11 is 0. The number of ether oxygens (including phenoxy) is 1. The van der Waals surface area contributed by atoms with Crippen LogP contribution in [0.2, 0.25) is 0 Å². The average Bonchev–Trinajstić information content (AvgIpc) is 2.53. The van der Waals surface area contributed by atoms with E-state index in [1.807, 2.05) is 38.1 Å². The molecule has 0 spiro atoms. The summed E-state index contributed by atoms with van der Waals surface area (Å²) in [5.74, 6) is 0.973. The lowest BCUT2D eigenvalue weighted by molar-refractivity contribution is -0.123. The minimum absolute atomic E-state index is 0.000344. The molecule has 0 saturated heterocycles. The summed E-state index contributed by atoms with van der Waals surface area (Å²) in [7, 11) is 0. The van der Waals surface area contributed by atoms with Crippen molar-refractivity contribution in [2.45, 2.75) is 39.7 Å². The Morgan fingerprint density at radius 1 is 1.22 bits per heavy atom. The molecule has 1 amide bonds. The van der Waals surface area contributed by atoms with Crippen molar-refractivity contribution in [3.8, 4) is 5.75 Å². The Kier molecular flexibility index (Phi) is 5.74. The molecule has 1 heterocycles. The summed E-state index contributed by atoms with van der Waals surface area (Å²) in [6.45, 7) is 8.15. The number of aromatic nitrogens is 1. The molecule has 2 aromatic rings. The molecule has 23 heavy (non-hydrogen) atoms. The Morgan fingerprint density at radius 2 is 2.00 bits per heavy atom. The zero-order valence-corrected chi connectivity index (χ0v) is 14.2. The highest BCUT2D eigenvalue weighted by molar-refractivity contribution is 5.78. The van der Waals surface area contributed by atoms with Gasteiger partial charge >= 0.3 is 0 Å². The average molecular weight is 312 g/mol. The summed E-state index contributed by atoms with van der Waals surface area (Å²) in [6, 6.07) is 11.6. The summed E-state index contributed by atoms with van der Waals surface area (Å²) in [5, 5.41) is 2.90. The molecule has 1 atom stereocenters. The highest BCUT2D eigenvalue weighted by atomic mass is 16.5. The Bertz CT molecular complexity index is 654. The molecule has 1 aromatic carbocycles. The predicted octanol–water partition coefficient (Wildman–Crippen LogP) is 3.77. The van der Waals surface area contributed by atoms with Gasteiger partial charge in [0, 0.05) is 6.20 Å². The lowest BCUT2D eigenvalue weighted by atomic mass is 10.0. The Labute approximate surface area is 137 Å². The third kappa shape index (κ3) is 4.81. The molecule has 122 valence electrons. The van der Waals surface area contributed by atoms with E-state index < -0.39 is 0 Å². The normalized spacial score (nSPS) is 12.0. The van der Waals surface area contributed by atoms with Gasteiger partial charge in [-0.3, -0.25) is 9.78 Å². The van der Waals surface area contributed by atoms with E-state index in [1.165, 1.54) is 0 Å². The van der Waals surface area contributed by atoms with Crippen LogP contribution in [-0.4, -0.2) is 17.5 Å². The van der Waals surface area contributed by atoms with Gasteiger partial charge in [-0.15, -0.1) is 0 Å². The van der Waals surface area contributed by atoms with Crippen LogP contribution in [0, 0.1) is 6.92 Å². The van der Waals surface area contributed by atoms with Crippen LogP contribution in [0.5, 0.6) is 5.75 Å². The molecule has 1 aromatic heterocycles. The molecule has 2 rings (SSSR count). The van der Waals surface area contributed by atoms with Crippen molar-refractivity contribution in [2.24, 2.45) is 0 Å². The molecular formula is C19H24N2O2. The van der Waals surface area contributed by atoms with Crippen molar-refractivity contribution in [2.75, 3.05) is 6.61 Å². The number of benzene rings is 1. The van der Waals surface area contributed by atoms with Gasteiger partial charge in [0.15, 0.2) is 6.61 Å². The van der Waals surface area contributed by atoms with Gasteiger partial charge in [0.2, 0.25) is 0 Å². The summed E-state index contributed by atoms with van der Waals surface area (Å²) in [6.07, 6.45) is 1.72. The molecule has 0 saturated carbocycles. The zero-order chi connectivity index (χ0) is 16.8. The van der Waals surface area contributed by atoms with Gasteiger partial charge in [0.1, 0.15) is 5.75 Å². The maximum absolute atomic E-state index is 12.1. The van der Waals surface area contributed by atoms with Crippen LogP contribution in [0.1, 0.15) is 49.6 Å².